The lowest BCUT2D eigenvalue weighted by Crippen LogP contribution is -2.36. The summed E-state index contributed by atoms with van der Waals surface area (Å²) in [5, 5.41) is 9.87. The van der Waals surface area contributed by atoms with Gasteiger partial charge in [0.15, 0.2) is 5.82 Å². The number of morpholine rings is 1. The number of thiazole rings is 1. The van der Waals surface area contributed by atoms with Crippen LogP contribution >= 0.6 is 11.3 Å². The lowest BCUT2D eigenvalue weighted by molar-refractivity contribution is 0.122. The van der Waals surface area contributed by atoms with Crippen molar-refractivity contribution < 1.29 is 4.74 Å². The van der Waals surface area contributed by atoms with Gasteiger partial charge < -0.3 is 9.64 Å². The number of ether oxygens (including phenoxy) is 1. The topological polar surface area (TPSA) is 49.2 Å². The van der Waals surface area contributed by atoms with Crippen LogP contribution < -0.4 is 4.90 Å². The van der Waals surface area contributed by atoms with E-state index in [4.69, 9.17) is 10.00 Å². The molecule has 0 atom stereocenters. The third-order valence-corrected chi connectivity index (χ3v) is 2.99. The number of aromatic nitrogens is 1. The SMILES string of the molecule is Cc1nc(N2CCOCC2)c(C#N)s1. The van der Waals surface area contributed by atoms with Crippen molar-refractivity contribution in [2.75, 3.05) is 31.2 Å². The second kappa shape index (κ2) is 3.95. The molecule has 0 saturated carbocycles. The summed E-state index contributed by atoms with van der Waals surface area (Å²) in [6.45, 7) is 5.04. The Morgan fingerprint density at radius 1 is 1.50 bits per heavy atom. The number of hydrogen-bond acceptors (Lipinski definition) is 5. The zero-order valence-corrected chi connectivity index (χ0v) is 8.80. The molecule has 0 spiro atoms. The van der Waals surface area contributed by atoms with E-state index in [0.717, 1.165) is 37.1 Å². The minimum atomic E-state index is 0.712. The number of nitriles is 1. The third-order valence-electron chi connectivity index (χ3n) is 2.13. The number of nitrogens with zero attached hydrogens (tertiary/aromatic N) is 3. The van der Waals surface area contributed by atoms with Crippen LogP contribution in [0.1, 0.15) is 9.88 Å². The molecule has 2 rings (SSSR count). The standard InChI is InChI=1S/C9H11N3OS/c1-7-11-9(8(6-10)14-7)12-2-4-13-5-3-12/h2-5H2,1H3. The van der Waals surface area contributed by atoms with E-state index in [-0.39, 0.29) is 0 Å². The Kier molecular flexibility index (Phi) is 2.66. The molecular formula is C9H11N3OS. The first-order valence-corrected chi connectivity index (χ1v) is 5.33. The Morgan fingerprint density at radius 2 is 2.21 bits per heavy atom. The normalized spacial score (nSPS) is 16.7. The average molecular weight is 209 g/mol. The Balaban J connectivity index is 2.25. The van der Waals surface area contributed by atoms with Crippen LogP contribution in [0.2, 0.25) is 0 Å². The van der Waals surface area contributed by atoms with Crippen LogP contribution in [0.3, 0.4) is 0 Å². The quantitative estimate of drug-likeness (QED) is 0.696. The van der Waals surface area contributed by atoms with Crippen LogP contribution in [0.25, 0.3) is 0 Å². The van der Waals surface area contributed by atoms with Crippen molar-refractivity contribution in [2.24, 2.45) is 0 Å². The van der Waals surface area contributed by atoms with Crippen LogP contribution in [-0.2, 0) is 4.74 Å². The molecule has 2 heterocycles. The highest BCUT2D eigenvalue weighted by atomic mass is 32.1. The summed E-state index contributed by atoms with van der Waals surface area (Å²) in [7, 11) is 0. The maximum Gasteiger partial charge on any atom is 0.158 e. The summed E-state index contributed by atoms with van der Waals surface area (Å²) in [5.74, 6) is 0.832. The number of anilines is 1. The zero-order valence-electron chi connectivity index (χ0n) is 7.99. The van der Waals surface area contributed by atoms with Gasteiger partial charge in [0.05, 0.1) is 18.2 Å². The lowest BCUT2D eigenvalue weighted by Gasteiger charge is -2.26. The highest BCUT2D eigenvalue weighted by molar-refractivity contribution is 7.12. The van der Waals surface area contributed by atoms with Crippen LogP contribution in [0.5, 0.6) is 0 Å². The molecule has 1 aromatic heterocycles. The third kappa shape index (κ3) is 1.72. The number of aryl methyl sites for hydroxylation is 1. The van der Waals surface area contributed by atoms with E-state index in [9.17, 15) is 0 Å². The van der Waals surface area contributed by atoms with Gasteiger partial charge in [-0.25, -0.2) is 4.98 Å². The molecule has 0 unspecified atom stereocenters. The lowest BCUT2D eigenvalue weighted by atomic mass is 10.4. The predicted molar refractivity (Wildman–Crippen MR) is 54.6 cm³/mol. The van der Waals surface area contributed by atoms with Crippen LogP contribution in [0.4, 0.5) is 5.82 Å². The van der Waals surface area contributed by atoms with Gasteiger partial charge in [-0.15, -0.1) is 11.3 Å². The van der Waals surface area contributed by atoms with Gasteiger partial charge in [-0.2, -0.15) is 5.26 Å². The van der Waals surface area contributed by atoms with Crippen LogP contribution in [-0.4, -0.2) is 31.3 Å². The molecule has 74 valence electrons. The fourth-order valence-electron chi connectivity index (χ4n) is 1.48. The molecule has 1 aliphatic rings. The van der Waals surface area contributed by atoms with Gasteiger partial charge in [-0.05, 0) is 6.92 Å². The summed E-state index contributed by atoms with van der Waals surface area (Å²) in [6, 6.07) is 2.19. The van der Waals surface area contributed by atoms with E-state index >= 15 is 0 Å². The maximum atomic E-state index is 8.92. The predicted octanol–water partition coefficient (Wildman–Crippen LogP) is 1.16. The molecule has 1 fully saturated rings. The van der Waals surface area contributed by atoms with E-state index in [1.807, 2.05) is 6.92 Å². The average Bonchev–Trinajstić information content (AvgIpc) is 2.61. The molecule has 4 nitrogen and oxygen atoms in total. The molecule has 0 N–H and O–H groups in total. The smallest absolute Gasteiger partial charge is 0.158 e. The van der Waals surface area contributed by atoms with Gasteiger partial charge in [0.25, 0.3) is 0 Å². The second-order valence-electron chi connectivity index (χ2n) is 3.10. The molecule has 5 heteroatoms. The Hall–Kier alpha value is -1.12. The van der Waals surface area contributed by atoms with E-state index < -0.39 is 0 Å². The van der Waals surface area contributed by atoms with Gasteiger partial charge >= 0.3 is 0 Å². The minimum Gasteiger partial charge on any atom is -0.378 e. The van der Waals surface area contributed by atoms with Crippen molar-refractivity contribution in [1.82, 2.24) is 4.98 Å². The molecule has 1 aliphatic heterocycles. The molecule has 14 heavy (non-hydrogen) atoms. The fourth-order valence-corrected chi connectivity index (χ4v) is 2.22. The molecule has 0 amide bonds. The molecule has 0 aliphatic carbocycles. The Bertz CT molecular complexity index is 363. The maximum absolute atomic E-state index is 8.92. The first kappa shape index (κ1) is 9.44. The summed E-state index contributed by atoms with van der Waals surface area (Å²) in [5.41, 5.74) is 0. The first-order chi connectivity index (χ1) is 6.81. The molecule has 0 bridgehead atoms. The summed E-state index contributed by atoms with van der Waals surface area (Å²) < 4.78 is 5.25. The summed E-state index contributed by atoms with van der Waals surface area (Å²) in [4.78, 5) is 7.20. The van der Waals surface area contributed by atoms with Crippen molar-refractivity contribution in [1.29, 1.82) is 5.26 Å². The monoisotopic (exact) mass is 209 g/mol. The van der Waals surface area contributed by atoms with Gasteiger partial charge in [0.1, 0.15) is 10.9 Å². The summed E-state index contributed by atoms with van der Waals surface area (Å²) >= 11 is 1.45. The number of rotatable bonds is 1. The Morgan fingerprint density at radius 3 is 2.86 bits per heavy atom. The van der Waals surface area contributed by atoms with E-state index in [1.54, 1.807) is 0 Å². The van der Waals surface area contributed by atoms with Gasteiger partial charge in [-0.3, -0.25) is 0 Å². The molecule has 1 saturated heterocycles. The highest BCUT2D eigenvalue weighted by Crippen LogP contribution is 2.25. The van der Waals surface area contributed by atoms with Gasteiger partial charge in [0.2, 0.25) is 0 Å². The highest BCUT2D eigenvalue weighted by Gasteiger charge is 2.18. The molecule has 1 aromatic rings. The van der Waals surface area contributed by atoms with Gasteiger partial charge in [-0.1, -0.05) is 0 Å². The fraction of sp³-hybridized carbons (Fsp3) is 0.556. The van der Waals surface area contributed by atoms with Crippen molar-refractivity contribution in [3.05, 3.63) is 9.88 Å². The minimum absolute atomic E-state index is 0.712. The van der Waals surface area contributed by atoms with E-state index in [0.29, 0.717) is 4.88 Å². The van der Waals surface area contributed by atoms with E-state index in [1.165, 1.54) is 11.3 Å². The molecular weight excluding hydrogens is 198 g/mol. The van der Waals surface area contributed by atoms with Crippen molar-refractivity contribution in [3.8, 4) is 6.07 Å². The zero-order chi connectivity index (χ0) is 9.97. The largest absolute Gasteiger partial charge is 0.378 e. The van der Waals surface area contributed by atoms with Crippen molar-refractivity contribution >= 4 is 17.2 Å². The summed E-state index contributed by atoms with van der Waals surface area (Å²) in [6.07, 6.45) is 0. The van der Waals surface area contributed by atoms with Gasteiger partial charge in [0, 0.05) is 13.1 Å². The molecule has 0 radical (unpaired) electrons. The van der Waals surface area contributed by atoms with Crippen molar-refractivity contribution in [2.45, 2.75) is 6.92 Å². The van der Waals surface area contributed by atoms with E-state index in [2.05, 4.69) is 16.0 Å². The van der Waals surface area contributed by atoms with Crippen molar-refractivity contribution in [3.63, 3.8) is 0 Å². The number of hydrogen-bond donors (Lipinski definition) is 0. The van der Waals surface area contributed by atoms with Crippen LogP contribution in [0, 0.1) is 18.3 Å². The molecule has 0 aromatic carbocycles. The first-order valence-electron chi connectivity index (χ1n) is 4.51. The Labute approximate surface area is 86.7 Å². The second-order valence-corrected chi connectivity index (χ2v) is 4.30. The van der Waals surface area contributed by atoms with Crippen LogP contribution in [0.15, 0.2) is 0 Å².